The lowest BCUT2D eigenvalue weighted by Gasteiger charge is -2.13. The number of pyridine rings is 1. The number of aromatic nitrogens is 1. The average Bonchev–Trinajstić information content (AvgIpc) is 2.91. The Morgan fingerprint density at radius 1 is 1.07 bits per heavy atom. The molecule has 1 aromatic heterocycles. The standard InChI is InChI=1S/C24H21ClN2O2/c1-14-4-6-18(27-23(29)16-8-9-26-21(25)11-16)12-20(14)15-5-7-19-17(10-15)13-24(2,3)22(19)28/h4-12H,13H2,1-3H3,(H,27,29). The molecule has 4 rings (SSSR count). The molecule has 5 heteroatoms. The third-order valence-electron chi connectivity index (χ3n) is 5.39. The first-order valence-corrected chi connectivity index (χ1v) is 9.84. The van der Waals surface area contributed by atoms with E-state index in [0.29, 0.717) is 11.3 Å². The minimum absolute atomic E-state index is 0.202. The highest BCUT2D eigenvalue weighted by Gasteiger charge is 2.37. The molecule has 1 aliphatic carbocycles. The lowest BCUT2D eigenvalue weighted by atomic mass is 9.89. The molecule has 29 heavy (non-hydrogen) atoms. The quantitative estimate of drug-likeness (QED) is 0.567. The summed E-state index contributed by atoms with van der Waals surface area (Å²) >= 11 is 5.88. The summed E-state index contributed by atoms with van der Waals surface area (Å²) < 4.78 is 0. The fraction of sp³-hybridized carbons (Fsp3) is 0.208. The van der Waals surface area contributed by atoms with Gasteiger partial charge < -0.3 is 5.32 Å². The van der Waals surface area contributed by atoms with Crippen LogP contribution in [0.1, 0.15) is 45.7 Å². The first-order chi connectivity index (χ1) is 13.7. The molecule has 1 heterocycles. The van der Waals surface area contributed by atoms with Crippen LogP contribution in [-0.2, 0) is 6.42 Å². The minimum Gasteiger partial charge on any atom is -0.322 e. The maximum absolute atomic E-state index is 12.5. The summed E-state index contributed by atoms with van der Waals surface area (Å²) in [6.07, 6.45) is 2.25. The number of ketones is 1. The van der Waals surface area contributed by atoms with Gasteiger partial charge in [0.05, 0.1) is 0 Å². The molecule has 0 spiro atoms. The van der Waals surface area contributed by atoms with E-state index in [4.69, 9.17) is 11.6 Å². The van der Waals surface area contributed by atoms with Crippen LogP contribution in [0.4, 0.5) is 5.69 Å². The number of carbonyl (C=O) groups excluding carboxylic acids is 2. The van der Waals surface area contributed by atoms with E-state index in [2.05, 4.69) is 16.4 Å². The highest BCUT2D eigenvalue weighted by atomic mass is 35.5. The van der Waals surface area contributed by atoms with Gasteiger partial charge in [0, 0.05) is 28.4 Å². The number of hydrogen-bond donors (Lipinski definition) is 1. The summed E-state index contributed by atoms with van der Waals surface area (Å²) in [6, 6.07) is 15.0. The van der Waals surface area contributed by atoms with Crippen molar-refractivity contribution in [2.24, 2.45) is 5.41 Å². The van der Waals surface area contributed by atoms with Crippen LogP contribution in [0.25, 0.3) is 11.1 Å². The number of anilines is 1. The van der Waals surface area contributed by atoms with Gasteiger partial charge in [-0.05, 0) is 59.9 Å². The Morgan fingerprint density at radius 3 is 2.62 bits per heavy atom. The molecule has 1 amide bonds. The van der Waals surface area contributed by atoms with E-state index in [9.17, 15) is 9.59 Å². The Bertz CT molecular complexity index is 1150. The predicted molar refractivity (Wildman–Crippen MR) is 116 cm³/mol. The fourth-order valence-electron chi connectivity index (χ4n) is 3.81. The summed E-state index contributed by atoms with van der Waals surface area (Å²) in [4.78, 5) is 28.9. The first kappa shape index (κ1) is 19.3. The van der Waals surface area contributed by atoms with Crippen molar-refractivity contribution < 1.29 is 9.59 Å². The van der Waals surface area contributed by atoms with Crippen molar-refractivity contribution in [3.63, 3.8) is 0 Å². The number of halogens is 1. The van der Waals surface area contributed by atoms with Crippen molar-refractivity contribution in [2.75, 3.05) is 5.32 Å². The summed E-state index contributed by atoms with van der Waals surface area (Å²) in [6.45, 7) is 6.01. The van der Waals surface area contributed by atoms with Crippen LogP contribution in [-0.4, -0.2) is 16.7 Å². The van der Waals surface area contributed by atoms with Crippen LogP contribution in [0.15, 0.2) is 54.7 Å². The number of benzene rings is 2. The number of rotatable bonds is 3. The first-order valence-electron chi connectivity index (χ1n) is 9.46. The second-order valence-electron chi connectivity index (χ2n) is 8.11. The highest BCUT2D eigenvalue weighted by molar-refractivity contribution is 6.29. The normalized spacial score (nSPS) is 14.6. The number of carbonyl (C=O) groups is 2. The topological polar surface area (TPSA) is 59.1 Å². The monoisotopic (exact) mass is 404 g/mol. The van der Waals surface area contributed by atoms with Crippen LogP contribution in [0, 0.1) is 12.3 Å². The SMILES string of the molecule is Cc1ccc(NC(=O)c2ccnc(Cl)c2)cc1-c1ccc2c(c1)CC(C)(C)C2=O. The van der Waals surface area contributed by atoms with E-state index in [-0.39, 0.29) is 22.3 Å². The molecular formula is C24H21ClN2O2. The van der Waals surface area contributed by atoms with Crippen LogP contribution < -0.4 is 5.32 Å². The molecule has 0 saturated heterocycles. The number of aryl methyl sites for hydroxylation is 1. The maximum Gasteiger partial charge on any atom is 0.255 e. The molecule has 0 radical (unpaired) electrons. The molecule has 146 valence electrons. The van der Waals surface area contributed by atoms with Gasteiger partial charge in [0.25, 0.3) is 5.91 Å². The van der Waals surface area contributed by atoms with Gasteiger partial charge in [0.15, 0.2) is 5.78 Å². The number of amides is 1. The Balaban J connectivity index is 1.65. The van der Waals surface area contributed by atoms with Crippen molar-refractivity contribution in [2.45, 2.75) is 27.2 Å². The molecule has 1 aliphatic rings. The predicted octanol–water partition coefficient (Wildman–Crippen LogP) is 5.73. The molecule has 3 aromatic rings. The van der Waals surface area contributed by atoms with E-state index in [1.165, 1.54) is 12.3 Å². The molecule has 2 aromatic carbocycles. The van der Waals surface area contributed by atoms with Gasteiger partial charge in [0.1, 0.15) is 5.15 Å². The molecule has 1 N–H and O–H groups in total. The number of Topliss-reactive ketones (excluding diaryl/α,β-unsaturated/α-hetero) is 1. The van der Waals surface area contributed by atoms with Gasteiger partial charge >= 0.3 is 0 Å². The van der Waals surface area contributed by atoms with Gasteiger partial charge in [-0.3, -0.25) is 9.59 Å². The molecule has 0 saturated carbocycles. The van der Waals surface area contributed by atoms with Crippen molar-refractivity contribution >= 4 is 29.0 Å². The summed E-state index contributed by atoms with van der Waals surface area (Å²) in [5.74, 6) is -0.0433. The molecule has 4 nitrogen and oxygen atoms in total. The smallest absolute Gasteiger partial charge is 0.255 e. The molecule has 0 unspecified atom stereocenters. The van der Waals surface area contributed by atoms with E-state index >= 15 is 0 Å². The highest BCUT2D eigenvalue weighted by Crippen LogP contribution is 2.38. The molecule has 0 aliphatic heterocycles. The third-order valence-corrected chi connectivity index (χ3v) is 5.60. The van der Waals surface area contributed by atoms with Crippen LogP contribution in [0.2, 0.25) is 5.15 Å². The zero-order chi connectivity index (χ0) is 20.8. The largest absolute Gasteiger partial charge is 0.322 e. The van der Waals surface area contributed by atoms with Gasteiger partial charge in [-0.25, -0.2) is 4.98 Å². The van der Waals surface area contributed by atoms with Crippen LogP contribution in [0.3, 0.4) is 0 Å². The van der Waals surface area contributed by atoms with Gasteiger partial charge in [-0.15, -0.1) is 0 Å². The molecule has 0 fully saturated rings. The zero-order valence-corrected chi connectivity index (χ0v) is 17.3. The third kappa shape index (κ3) is 3.68. The van der Waals surface area contributed by atoms with Crippen molar-refractivity contribution in [1.29, 1.82) is 0 Å². The van der Waals surface area contributed by atoms with Crippen LogP contribution >= 0.6 is 11.6 Å². The van der Waals surface area contributed by atoms with E-state index in [1.54, 1.807) is 6.07 Å². The van der Waals surface area contributed by atoms with Gasteiger partial charge in [-0.2, -0.15) is 0 Å². The average molecular weight is 405 g/mol. The molecule has 0 bridgehead atoms. The Morgan fingerprint density at radius 2 is 1.86 bits per heavy atom. The summed E-state index contributed by atoms with van der Waals surface area (Å²) in [7, 11) is 0. The zero-order valence-electron chi connectivity index (χ0n) is 16.5. The van der Waals surface area contributed by atoms with Crippen LogP contribution in [0.5, 0.6) is 0 Å². The van der Waals surface area contributed by atoms with Gasteiger partial charge in [0.2, 0.25) is 0 Å². The second-order valence-corrected chi connectivity index (χ2v) is 8.50. The van der Waals surface area contributed by atoms with Gasteiger partial charge in [-0.1, -0.05) is 49.7 Å². The Kier molecular flexibility index (Phi) is 4.75. The van der Waals surface area contributed by atoms with Crippen molar-refractivity contribution in [1.82, 2.24) is 4.98 Å². The van der Waals surface area contributed by atoms with Crippen molar-refractivity contribution in [3.8, 4) is 11.1 Å². The van der Waals surface area contributed by atoms with E-state index in [1.807, 2.05) is 51.1 Å². The number of nitrogens with zero attached hydrogens (tertiary/aromatic N) is 1. The maximum atomic E-state index is 12.5. The molecule has 0 atom stereocenters. The second kappa shape index (κ2) is 7.12. The van der Waals surface area contributed by atoms with E-state index in [0.717, 1.165) is 34.2 Å². The Labute approximate surface area is 174 Å². The lowest BCUT2D eigenvalue weighted by Crippen LogP contribution is -2.18. The van der Waals surface area contributed by atoms with Crippen molar-refractivity contribution in [3.05, 3.63) is 82.1 Å². The number of hydrogen-bond acceptors (Lipinski definition) is 3. The summed E-state index contributed by atoms with van der Waals surface area (Å²) in [5, 5.41) is 3.19. The van der Waals surface area contributed by atoms with E-state index < -0.39 is 0 Å². The minimum atomic E-state index is -0.350. The molecular weight excluding hydrogens is 384 g/mol. The lowest BCUT2D eigenvalue weighted by molar-refractivity contribution is 0.0863. The fourth-order valence-corrected chi connectivity index (χ4v) is 3.98. The summed E-state index contributed by atoms with van der Waals surface area (Å²) in [5.41, 5.74) is 5.85. The number of nitrogens with one attached hydrogen (secondary N) is 1. The number of fused-ring (bicyclic) bond motifs is 1. The Hall–Kier alpha value is -2.98.